The smallest absolute Gasteiger partial charge is 0.400 e. The van der Waals surface area contributed by atoms with Crippen molar-refractivity contribution in [2.45, 2.75) is 51.7 Å². The Morgan fingerprint density at radius 3 is 2.20 bits per heavy atom. The predicted octanol–water partition coefficient (Wildman–Crippen LogP) is 2.48. The van der Waals surface area contributed by atoms with Gasteiger partial charge >= 0.3 is 7.12 Å². The highest BCUT2D eigenvalue weighted by molar-refractivity contribution is 6.51. The first kappa shape index (κ1) is 12.3. The minimum absolute atomic E-state index is 0.281. The number of nitriles is 1. The van der Waals surface area contributed by atoms with Crippen LogP contribution in [0, 0.1) is 11.3 Å². The molecule has 1 heterocycles. The zero-order chi connectivity index (χ0) is 11.5. The molecule has 0 atom stereocenters. The molecule has 0 amide bonds. The maximum atomic E-state index is 8.38. The average Bonchev–Trinajstić information content (AvgIpc) is 2.30. The van der Waals surface area contributed by atoms with E-state index in [4.69, 9.17) is 14.6 Å². The van der Waals surface area contributed by atoms with Crippen molar-refractivity contribution in [1.29, 1.82) is 5.26 Å². The summed E-state index contributed by atoms with van der Waals surface area (Å²) in [6, 6.07) is 2.09. The highest BCUT2D eigenvalue weighted by Gasteiger charge is 2.49. The zero-order valence-corrected chi connectivity index (χ0v) is 9.91. The van der Waals surface area contributed by atoms with Gasteiger partial charge in [0.1, 0.15) is 0 Å². The molecule has 3 nitrogen and oxygen atoms in total. The SMILES string of the molecule is CC1(C)OB(/C=C/CCC#N)OC1(C)C. The van der Waals surface area contributed by atoms with Crippen LogP contribution < -0.4 is 0 Å². The van der Waals surface area contributed by atoms with Crippen LogP contribution >= 0.6 is 0 Å². The van der Waals surface area contributed by atoms with Gasteiger partial charge in [-0.05, 0) is 34.1 Å². The molecule has 0 aromatic rings. The van der Waals surface area contributed by atoms with E-state index in [1.54, 1.807) is 0 Å². The van der Waals surface area contributed by atoms with E-state index >= 15 is 0 Å². The molecule has 82 valence electrons. The zero-order valence-electron chi connectivity index (χ0n) is 9.91. The lowest BCUT2D eigenvalue weighted by molar-refractivity contribution is 0.00578. The maximum Gasteiger partial charge on any atom is 0.486 e. The summed E-state index contributed by atoms with van der Waals surface area (Å²) >= 11 is 0. The Morgan fingerprint density at radius 2 is 1.73 bits per heavy atom. The Hall–Kier alpha value is -0.785. The van der Waals surface area contributed by atoms with Gasteiger partial charge in [-0.1, -0.05) is 12.1 Å². The van der Waals surface area contributed by atoms with Crippen LogP contribution in [0.25, 0.3) is 0 Å². The molecule has 0 N–H and O–H groups in total. The first-order valence-electron chi connectivity index (χ1n) is 5.28. The second kappa shape index (κ2) is 4.38. The third-order valence-electron chi connectivity index (χ3n) is 2.99. The number of nitrogens with zero attached hydrogens (tertiary/aromatic N) is 1. The second-order valence-electron chi connectivity index (χ2n) is 4.75. The first-order valence-corrected chi connectivity index (χ1v) is 5.28. The molecule has 15 heavy (non-hydrogen) atoms. The van der Waals surface area contributed by atoms with Gasteiger partial charge in [0.05, 0.1) is 17.3 Å². The van der Waals surface area contributed by atoms with Crippen molar-refractivity contribution in [2.75, 3.05) is 0 Å². The number of hydrogen-bond acceptors (Lipinski definition) is 3. The fraction of sp³-hybridized carbons (Fsp3) is 0.727. The summed E-state index contributed by atoms with van der Waals surface area (Å²) in [6.45, 7) is 8.10. The Bertz CT molecular complexity index is 275. The molecule has 0 bridgehead atoms. The van der Waals surface area contributed by atoms with E-state index in [0.29, 0.717) is 6.42 Å². The lowest BCUT2D eigenvalue weighted by Crippen LogP contribution is -2.41. The van der Waals surface area contributed by atoms with Gasteiger partial charge in [-0.25, -0.2) is 0 Å². The highest BCUT2D eigenvalue weighted by atomic mass is 16.7. The molecular formula is C11H18BNO2. The molecule has 1 aliphatic heterocycles. The standard InChI is InChI=1S/C11H18BNO2/c1-10(2)11(3,4)15-12(14-10)8-6-5-7-9-13/h6,8H,5,7H2,1-4H3/b8-6+. The third-order valence-corrected chi connectivity index (χ3v) is 2.99. The Labute approximate surface area is 92.2 Å². The van der Waals surface area contributed by atoms with Crippen LogP contribution in [0.1, 0.15) is 40.5 Å². The van der Waals surface area contributed by atoms with Crippen molar-refractivity contribution in [3.63, 3.8) is 0 Å². The summed E-state index contributed by atoms with van der Waals surface area (Å²) in [4.78, 5) is 0. The molecule has 0 aromatic carbocycles. The normalized spacial score (nSPS) is 23.3. The second-order valence-corrected chi connectivity index (χ2v) is 4.75. The molecular weight excluding hydrogens is 189 g/mol. The van der Waals surface area contributed by atoms with Crippen LogP contribution in [0.4, 0.5) is 0 Å². The number of allylic oxidation sites excluding steroid dienone is 1. The monoisotopic (exact) mass is 207 g/mol. The lowest BCUT2D eigenvalue weighted by atomic mass is 9.89. The number of unbranched alkanes of at least 4 members (excludes halogenated alkanes) is 1. The van der Waals surface area contributed by atoms with Gasteiger partial charge in [0, 0.05) is 6.42 Å². The molecule has 4 heteroatoms. The Balaban J connectivity index is 2.49. The topological polar surface area (TPSA) is 42.2 Å². The van der Waals surface area contributed by atoms with Crippen molar-refractivity contribution in [1.82, 2.24) is 0 Å². The number of hydrogen-bond donors (Lipinski definition) is 0. The summed E-state index contributed by atoms with van der Waals surface area (Å²) in [5.41, 5.74) is -0.561. The quantitative estimate of drug-likeness (QED) is 0.527. The molecule has 1 saturated heterocycles. The van der Waals surface area contributed by atoms with E-state index < -0.39 is 0 Å². The fourth-order valence-corrected chi connectivity index (χ4v) is 1.32. The van der Waals surface area contributed by atoms with Gasteiger partial charge in [-0.2, -0.15) is 5.26 Å². The number of rotatable bonds is 3. The van der Waals surface area contributed by atoms with Crippen molar-refractivity contribution < 1.29 is 9.31 Å². The van der Waals surface area contributed by atoms with Crippen molar-refractivity contribution in [2.24, 2.45) is 0 Å². The molecule has 0 aromatic heterocycles. The largest absolute Gasteiger partial charge is 0.486 e. The van der Waals surface area contributed by atoms with Crippen LogP contribution in [-0.2, 0) is 9.31 Å². The minimum atomic E-state index is -0.284. The van der Waals surface area contributed by atoms with E-state index in [2.05, 4.69) is 6.07 Å². The highest BCUT2D eigenvalue weighted by Crippen LogP contribution is 2.36. The minimum Gasteiger partial charge on any atom is -0.400 e. The van der Waals surface area contributed by atoms with E-state index in [1.807, 2.05) is 39.7 Å². The molecule has 0 aliphatic carbocycles. The van der Waals surface area contributed by atoms with Crippen molar-refractivity contribution >= 4 is 7.12 Å². The van der Waals surface area contributed by atoms with Gasteiger partial charge in [-0.3, -0.25) is 0 Å². The van der Waals surface area contributed by atoms with Crippen LogP contribution in [0.2, 0.25) is 0 Å². The summed E-state index contributed by atoms with van der Waals surface area (Å²) in [6.07, 6.45) is 3.22. The molecule has 1 fully saturated rings. The molecule has 1 aliphatic rings. The molecule has 0 unspecified atom stereocenters. The summed E-state index contributed by atoms with van der Waals surface area (Å²) in [5, 5.41) is 8.38. The van der Waals surface area contributed by atoms with E-state index in [0.717, 1.165) is 6.42 Å². The Kier molecular flexibility index (Phi) is 3.59. The summed E-state index contributed by atoms with van der Waals surface area (Å²) < 4.78 is 11.5. The van der Waals surface area contributed by atoms with Gasteiger partial charge < -0.3 is 9.31 Å². The fourth-order valence-electron chi connectivity index (χ4n) is 1.32. The van der Waals surface area contributed by atoms with Gasteiger partial charge in [0.25, 0.3) is 0 Å². The van der Waals surface area contributed by atoms with Gasteiger partial charge in [0.2, 0.25) is 0 Å². The van der Waals surface area contributed by atoms with Crippen LogP contribution in [0.15, 0.2) is 12.1 Å². The van der Waals surface area contributed by atoms with Crippen LogP contribution in [-0.4, -0.2) is 18.3 Å². The summed E-state index contributed by atoms with van der Waals surface area (Å²) in [5.74, 6) is 1.88. The van der Waals surface area contributed by atoms with E-state index in [-0.39, 0.29) is 18.3 Å². The maximum absolute atomic E-state index is 8.38. The van der Waals surface area contributed by atoms with E-state index in [1.165, 1.54) is 0 Å². The van der Waals surface area contributed by atoms with Crippen LogP contribution in [0.3, 0.4) is 0 Å². The van der Waals surface area contributed by atoms with E-state index in [9.17, 15) is 0 Å². The van der Waals surface area contributed by atoms with Crippen molar-refractivity contribution in [3.05, 3.63) is 12.1 Å². The Morgan fingerprint density at radius 1 is 1.20 bits per heavy atom. The average molecular weight is 207 g/mol. The van der Waals surface area contributed by atoms with Crippen LogP contribution in [0.5, 0.6) is 0 Å². The molecule has 0 radical (unpaired) electrons. The molecule has 0 spiro atoms. The lowest BCUT2D eigenvalue weighted by Gasteiger charge is -2.32. The molecule has 0 saturated carbocycles. The summed E-state index contributed by atoms with van der Waals surface area (Å²) in [7, 11) is -0.284. The predicted molar refractivity (Wildman–Crippen MR) is 60.1 cm³/mol. The van der Waals surface area contributed by atoms with Gasteiger partial charge in [0.15, 0.2) is 0 Å². The van der Waals surface area contributed by atoms with Gasteiger partial charge in [-0.15, -0.1) is 0 Å². The first-order chi connectivity index (χ1) is 6.89. The van der Waals surface area contributed by atoms with Crippen molar-refractivity contribution in [3.8, 4) is 6.07 Å². The third kappa shape index (κ3) is 2.83. The molecule has 1 rings (SSSR count).